The van der Waals surface area contributed by atoms with Crippen LogP contribution in [0.15, 0.2) is 44.3 Å². The van der Waals surface area contributed by atoms with E-state index >= 15 is 0 Å². The molecule has 0 fully saturated rings. The Bertz CT molecular complexity index is 1110. The average Bonchev–Trinajstić information content (AvgIpc) is 3.11. The van der Waals surface area contributed by atoms with Crippen molar-refractivity contribution in [2.24, 2.45) is 0 Å². The Morgan fingerprint density at radius 3 is 2.43 bits per heavy atom. The molecule has 146 valence electrons. The van der Waals surface area contributed by atoms with E-state index in [4.69, 9.17) is 4.42 Å². The Morgan fingerprint density at radius 1 is 1.14 bits per heavy atom. The van der Waals surface area contributed by atoms with E-state index in [9.17, 15) is 23.9 Å². The number of alkyl halides is 1. The van der Waals surface area contributed by atoms with Gasteiger partial charge in [0.15, 0.2) is 11.5 Å². The molecule has 0 spiro atoms. The number of para-hydroxylation sites is 1. The summed E-state index contributed by atoms with van der Waals surface area (Å²) in [6, 6.07) is 7.32. The van der Waals surface area contributed by atoms with Crippen molar-refractivity contribution < 1.29 is 18.7 Å². The summed E-state index contributed by atoms with van der Waals surface area (Å²) in [5, 5.41) is 15.2. The number of amides is 1. The molecule has 2 aromatic carbocycles. The van der Waals surface area contributed by atoms with E-state index in [1.54, 1.807) is 13.0 Å². The van der Waals surface area contributed by atoms with Crippen LogP contribution in [0.3, 0.4) is 0 Å². The van der Waals surface area contributed by atoms with Crippen LogP contribution in [0.25, 0.3) is 0 Å². The molecule has 1 aromatic heterocycles. The zero-order valence-corrected chi connectivity index (χ0v) is 15.4. The fraction of sp³-hybridized carbons (Fsp3) is 0.211. The van der Waals surface area contributed by atoms with Gasteiger partial charge in [-0.05, 0) is 31.2 Å². The summed E-state index contributed by atoms with van der Waals surface area (Å²) >= 11 is 0. The van der Waals surface area contributed by atoms with E-state index in [-0.39, 0.29) is 28.4 Å². The van der Waals surface area contributed by atoms with E-state index < -0.39 is 28.8 Å². The molecular formula is C19H18FN3O5. The second-order valence-corrected chi connectivity index (χ2v) is 6.39. The normalized spacial score (nSPS) is 12.0. The summed E-state index contributed by atoms with van der Waals surface area (Å²) < 4.78 is 19.5. The number of hydrogen-bond donors (Lipinski definition) is 3. The van der Waals surface area contributed by atoms with Gasteiger partial charge in [0.1, 0.15) is 17.1 Å². The Morgan fingerprint density at radius 2 is 1.82 bits per heavy atom. The molecule has 1 amide bonds. The van der Waals surface area contributed by atoms with Crippen LogP contribution in [-0.4, -0.2) is 30.0 Å². The van der Waals surface area contributed by atoms with Gasteiger partial charge in [-0.25, -0.2) is 4.39 Å². The molecular weight excluding hydrogens is 369 g/mol. The summed E-state index contributed by atoms with van der Waals surface area (Å²) in [5.41, 5.74) is -2.19. The first kappa shape index (κ1) is 19.2. The average molecular weight is 387 g/mol. The highest BCUT2D eigenvalue weighted by molar-refractivity contribution is 5.99. The molecule has 3 aromatic rings. The van der Waals surface area contributed by atoms with Crippen LogP contribution in [0.1, 0.15) is 28.2 Å². The van der Waals surface area contributed by atoms with E-state index in [1.165, 1.54) is 43.3 Å². The number of nitrogens with one attached hydrogen (secondary N) is 2. The molecule has 1 heterocycles. The van der Waals surface area contributed by atoms with Gasteiger partial charge in [0.25, 0.3) is 16.8 Å². The Kier molecular flexibility index (Phi) is 4.91. The lowest BCUT2D eigenvalue weighted by Gasteiger charge is -2.18. The topological polar surface area (TPSA) is 112 Å². The van der Waals surface area contributed by atoms with Crippen molar-refractivity contribution in [2.45, 2.75) is 13.2 Å². The van der Waals surface area contributed by atoms with Crippen LogP contribution in [0.4, 0.5) is 21.5 Å². The maximum atomic E-state index is 14.3. The van der Waals surface area contributed by atoms with Gasteiger partial charge in [-0.2, -0.15) is 0 Å². The Hall–Kier alpha value is -3.62. The second kappa shape index (κ2) is 7.18. The molecule has 0 radical (unpaired) electrons. The predicted octanol–water partition coefficient (Wildman–Crippen LogP) is 2.42. The number of halogens is 1. The molecule has 0 unspecified atom stereocenters. The number of aromatic hydroxyl groups is 1. The second-order valence-electron chi connectivity index (χ2n) is 6.39. The standard InChI is InChI=1S/C19H18FN3O5/c1-9-7-8-12(28-9)18(20)22-14-13(16(25)17(14)26)21-11-6-4-5-10(15(11)24)19(27)23(2)3/h4-8,18,21-22,24H,1-3H3/t18-/m0/s1. The SMILES string of the molecule is Cc1ccc([C@@H](F)Nc2c(Nc3cccc(C(=O)N(C)C)c3O)c(=O)c2=O)o1. The summed E-state index contributed by atoms with van der Waals surface area (Å²) in [5.74, 6) is -0.381. The number of phenols is 1. The molecule has 0 aliphatic rings. The molecule has 28 heavy (non-hydrogen) atoms. The third kappa shape index (κ3) is 3.34. The molecule has 0 bridgehead atoms. The molecule has 8 nitrogen and oxygen atoms in total. The highest BCUT2D eigenvalue weighted by Crippen LogP contribution is 2.33. The van der Waals surface area contributed by atoms with E-state index in [0.717, 1.165) is 0 Å². The number of benzene rings is 1. The van der Waals surface area contributed by atoms with Gasteiger partial charge in [-0.15, -0.1) is 0 Å². The minimum absolute atomic E-state index is 0.0117. The Balaban J connectivity index is 1.88. The summed E-state index contributed by atoms with van der Waals surface area (Å²) in [7, 11) is 3.05. The van der Waals surface area contributed by atoms with Gasteiger partial charge in [-0.3, -0.25) is 14.4 Å². The minimum Gasteiger partial charge on any atom is -0.505 e. The molecule has 9 heteroatoms. The highest BCUT2D eigenvalue weighted by atomic mass is 19.1. The first-order valence-electron chi connectivity index (χ1n) is 8.31. The van der Waals surface area contributed by atoms with Gasteiger partial charge in [-0.1, -0.05) is 6.07 Å². The number of rotatable bonds is 6. The lowest BCUT2D eigenvalue weighted by Crippen LogP contribution is -2.37. The van der Waals surface area contributed by atoms with Gasteiger partial charge in [0.2, 0.25) is 6.30 Å². The first-order chi connectivity index (χ1) is 13.2. The maximum Gasteiger partial charge on any atom is 0.257 e. The molecule has 3 N–H and O–H groups in total. The van der Waals surface area contributed by atoms with Gasteiger partial charge < -0.3 is 25.1 Å². The third-order valence-electron chi connectivity index (χ3n) is 4.12. The summed E-state index contributed by atoms with van der Waals surface area (Å²) in [6.45, 7) is 1.64. The van der Waals surface area contributed by atoms with Crippen molar-refractivity contribution in [3.63, 3.8) is 0 Å². The van der Waals surface area contributed by atoms with Crippen LogP contribution in [-0.2, 0) is 0 Å². The number of carbonyl (C=O) groups excluding carboxylic acids is 1. The fourth-order valence-corrected chi connectivity index (χ4v) is 2.63. The largest absolute Gasteiger partial charge is 0.505 e. The number of furan rings is 1. The fourth-order valence-electron chi connectivity index (χ4n) is 2.63. The molecule has 1 atom stereocenters. The van der Waals surface area contributed by atoms with Crippen LogP contribution >= 0.6 is 0 Å². The summed E-state index contributed by atoms with van der Waals surface area (Å²) in [4.78, 5) is 37.2. The molecule has 0 saturated heterocycles. The highest BCUT2D eigenvalue weighted by Gasteiger charge is 2.26. The quantitative estimate of drug-likeness (QED) is 0.338. The molecule has 0 aliphatic carbocycles. The maximum absolute atomic E-state index is 14.3. The predicted molar refractivity (Wildman–Crippen MR) is 102 cm³/mol. The van der Waals surface area contributed by atoms with Gasteiger partial charge in [0.05, 0.1) is 11.3 Å². The third-order valence-corrected chi connectivity index (χ3v) is 4.12. The van der Waals surface area contributed by atoms with Crippen molar-refractivity contribution in [1.82, 2.24) is 4.90 Å². The van der Waals surface area contributed by atoms with Crippen LogP contribution in [0.2, 0.25) is 0 Å². The number of carbonyl (C=O) groups is 1. The molecule has 3 rings (SSSR count). The van der Waals surface area contributed by atoms with Crippen molar-refractivity contribution in [3.8, 4) is 5.75 Å². The lowest BCUT2D eigenvalue weighted by molar-refractivity contribution is 0.0824. The van der Waals surface area contributed by atoms with Crippen LogP contribution < -0.4 is 21.5 Å². The van der Waals surface area contributed by atoms with E-state index in [1.807, 2.05) is 0 Å². The van der Waals surface area contributed by atoms with Gasteiger partial charge >= 0.3 is 0 Å². The van der Waals surface area contributed by atoms with Crippen LogP contribution in [0, 0.1) is 6.92 Å². The molecule has 0 aliphatic heterocycles. The van der Waals surface area contributed by atoms with E-state index in [2.05, 4.69) is 10.6 Å². The lowest BCUT2D eigenvalue weighted by atomic mass is 10.1. The van der Waals surface area contributed by atoms with E-state index in [0.29, 0.717) is 5.76 Å². The number of anilines is 3. The minimum atomic E-state index is -1.84. The van der Waals surface area contributed by atoms with Crippen molar-refractivity contribution in [2.75, 3.05) is 24.7 Å². The monoisotopic (exact) mass is 387 g/mol. The van der Waals surface area contributed by atoms with Crippen molar-refractivity contribution >= 4 is 23.0 Å². The summed E-state index contributed by atoms with van der Waals surface area (Å²) in [6.07, 6.45) is -1.84. The number of aryl methyl sites for hydroxylation is 1. The van der Waals surface area contributed by atoms with Crippen molar-refractivity contribution in [3.05, 3.63) is 67.9 Å². The zero-order chi connectivity index (χ0) is 20.6. The van der Waals surface area contributed by atoms with Gasteiger partial charge in [0, 0.05) is 14.1 Å². The molecule has 0 saturated carbocycles. The van der Waals surface area contributed by atoms with Crippen LogP contribution in [0.5, 0.6) is 5.75 Å². The first-order valence-corrected chi connectivity index (χ1v) is 8.31. The smallest absolute Gasteiger partial charge is 0.257 e. The Labute approximate surface area is 158 Å². The number of nitrogens with zero attached hydrogens (tertiary/aromatic N) is 1. The number of phenolic OH excluding ortho intramolecular Hbond substituents is 1. The van der Waals surface area contributed by atoms with Crippen molar-refractivity contribution in [1.29, 1.82) is 0 Å². The zero-order valence-electron chi connectivity index (χ0n) is 15.4. The number of hydrogen-bond acceptors (Lipinski definition) is 7.